The molecule has 7 heteroatoms. The van der Waals surface area contributed by atoms with Crippen molar-refractivity contribution >= 4 is 46.4 Å². The molecule has 0 aromatic heterocycles. The zero-order chi connectivity index (χ0) is 20.8. The summed E-state index contributed by atoms with van der Waals surface area (Å²) >= 11 is 12.2. The third-order valence-electron chi connectivity index (χ3n) is 5.37. The van der Waals surface area contributed by atoms with Gasteiger partial charge in [-0.15, -0.1) is 0 Å². The minimum absolute atomic E-state index is 0.337. The van der Waals surface area contributed by atoms with Crippen LogP contribution in [0.5, 0.6) is 0 Å². The average Bonchev–Trinajstić information content (AvgIpc) is 3.25. The minimum Gasteiger partial charge on any atom is -0.273 e. The number of hydrogen-bond acceptors (Lipinski definition) is 4. The molecule has 0 bridgehead atoms. The first kappa shape index (κ1) is 19.1. The summed E-state index contributed by atoms with van der Waals surface area (Å²) in [5.74, 6) is -1.46. The largest absolute Gasteiger partial charge is 0.273 e. The first-order chi connectivity index (χ1) is 14.5. The van der Waals surface area contributed by atoms with Gasteiger partial charge < -0.3 is 0 Å². The number of carbonyl (C=O) groups excluding carboxylic acids is 2. The van der Waals surface area contributed by atoms with Crippen LogP contribution in [0.1, 0.15) is 11.6 Å². The maximum absolute atomic E-state index is 13.5. The number of amides is 2. The van der Waals surface area contributed by atoms with Gasteiger partial charge in [-0.3, -0.25) is 14.4 Å². The molecule has 3 aromatic rings. The van der Waals surface area contributed by atoms with Gasteiger partial charge in [0.25, 0.3) is 5.91 Å². The molecule has 5 nitrogen and oxygen atoms in total. The fourth-order valence-corrected chi connectivity index (χ4v) is 4.64. The molecule has 3 aromatic carbocycles. The van der Waals surface area contributed by atoms with E-state index in [4.69, 9.17) is 28.0 Å². The molecular formula is C23H16Cl2N2O3. The van der Waals surface area contributed by atoms with Gasteiger partial charge in [-0.2, -0.15) is 0 Å². The Hall–Kier alpha value is -2.86. The van der Waals surface area contributed by atoms with E-state index >= 15 is 0 Å². The summed E-state index contributed by atoms with van der Waals surface area (Å²) in [4.78, 5) is 34.0. The number of hydroxylamine groups is 1. The van der Waals surface area contributed by atoms with E-state index in [2.05, 4.69) is 0 Å². The lowest BCUT2D eigenvalue weighted by molar-refractivity contribution is -0.126. The third-order valence-corrected chi connectivity index (χ3v) is 5.81. The standard InChI is InChI=1S/C23H16Cl2N2O3/c24-15-11-16(25)13-18(12-15)26-22(28)19-20(14-7-3-1-4-8-14)27(30-21(19)23(26)29)17-9-5-2-6-10-17/h1-13,19-21H/t19-,20+,21+/m0/s1. The number of fused-ring (bicyclic) bond motifs is 1. The molecular weight excluding hydrogens is 423 g/mol. The Kier molecular flexibility index (Phi) is 4.74. The monoisotopic (exact) mass is 438 g/mol. The number of hydrogen-bond donors (Lipinski definition) is 0. The van der Waals surface area contributed by atoms with Crippen molar-refractivity contribution in [2.45, 2.75) is 12.1 Å². The number of para-hydroxylation sites is 1. The highest BCUT2D eigenvalue weighted by molar-refractivity contribution is 6.35. The predicted octanol–water partition coefficient (Wildman–Crippen LogP) is 5.04. The molecule has 2 amide bonds. The van der Waals surface area contributed by atoms with Crippen LogP contribution in [0.15, 0.2) is 78.9 Å². The fraction of sp³-hybridized carbons (Fsp3) is 0.130. The SMILES string of the molecule is O=C1[C@H]2[C@@H](c3ccccc3)N(c3ccccc3)O[C@H]2C(=O)N1c1cc(Cl)cc(Cl)c1. The normalized spacial score (nSPS) is 23.2. The molecule has 2 aliphatic heterocycles. The molecule has 0 unspecified atom stereocenters. The van der Waals surface area contributed by atoms with E-state index in [-0.39, 0.29) is 5.91 Å². The van der Waals surface area contributed by atoms with Crippen LogP contribution in [0.25, 0.3) is 0 Å². The van der Waals surface area contributed by atoms with Crippen molar-refractivity contribution in [2.24, 2.45) is 5.92 Å². The van der Waals surface area contributed by atoms with E-state index in [0.29, 0.717) is 15.7 Å². The van der Waals surface area contributed by atoms with Crippen LogP contribution in [-0.4, -0.2) is 17.9 Å². The Bertz CT molecular complexity index is 1100. The van der Waals surface area contributed by atoms with Crippen LogP contribution in [0, 0.1) is 5.92 Å². The molecule has 150 valence electrons. The fourth-order valence-electron chi connectivity index (χ4n) is 4.13. The molecule has 2 saturated heterocycles. The molecule has 2 aliphatic rings. The molecule has 2 heterocycles. The summed E-state index contributed by atoms with van der Waals surface area (Å²) in [5.41, 5.74) is 2.01. The van der Waals surface area contributed by atoms with E-state index in [9.17, 15) is 9.59 Å². The summed E-state index contributed by atoms with van der Waals surface area (Å²) < 4.78 is 0. The van der Waals surface area contributed by atoms with Gasteiger partial charge in [0.05, 0.1) is 17.4 Å². The van der Waals surface area contributed by atoms with Crippen LogP contribution < -0.4 is 9.96 Å². The highest BCUT2D eigenvalue weighted by Crippen LogP contribution is 2.47. The lowest BCUT2D eigenvalue weighted by atomic mass is 9.90. The first-order valence-corrected chi connectivity index (χ1v) is 10.2. The first-order valence-electron chi connectivity index (χ1n) is 9.44. The number of benzene rings is 3. The summed E-state index contributed by atoms with van der Waals surface area (Å²) in [6.45, 7) is 0. The number of rotatable bonds is 3. The van der Waals surface area contributed by atoms with Crippen molar-refractivity contribution in [3.63, 3.8) is 0 Å². The Morgan fingerprint density at radius 3 is 1.97 bits per heavy atom. The van der Waals surface area contributed by atoms with Crippen LogP contribution in [0.2, 0.25) is 10.0 Å². The second-order valence-corrected chi connectivity index (χ2v) is 8.08. The Morgan fingerprint density at radius 1 is 0.733 bits per heavy atom. The lowest BCUT2D eigenvalue weighted by Gasteiger charge is -2.28. The molecule has 0 saturated carbocycles. The van der Waals surface area contributed by atoms with Crippen LogP contribution in [0.4, 0.5) is 11.4 Å². The molecule has 0 N–H and O–H groups in total. The third kappa shape index (κ3) is 3.06. The van der Waals surface area contributed by atoms with Crippen LogP contribution in [-0.2, 0) is 14.4 Å². The number of halogens is 2. The Labute approximate surface area is 183 Å². The maximum Gasteiger partial charge on any atom is 0.266 e. The Morgan fingerprint density at radius 2 is 1.33 bits per heavy atom. The maximum atomic E-state index is 13.5. The van der Waals surface area contributed by atoms with Crippen LogP contribution in [0.3, 0.4) is 0 Å². The molecule has 0 radical (unpaired) electrons. The van der Waals surface area contributed by atoms with Crippen LogP contribution >= 0.6 is 23.2 Å². The van der Waals surface area contributed by atoms with Gasteiger partial charge in [0.1, 0.15) is 5.92 Å². The topological polar surface area (TPSA) is 49.9 Å². The van der Waals surface area contributed by atoms with E-state index in [0.717, 1.165) is 16.2 Å². The quantitative estimate of drug-likeness (QED) is 0.537. The van der Waals surface area contributed by atoms with Crippen molar-refractivity contribution in [2.75, 3.05) is 9.96 Å². The second-order valence-electron chi connectivity index (χ2n) is 7.21. The summed E-state index contributed by atoms with van der Waals surface area (Å²) in [6, 6.07) is 23.2. The van der Waals surface area contributed by atoms with Gasteiger partial charge >= 0.3 is 0 Å². The van der Waals surface area contributed by atoms with E-state index in [1.54, 1.807) is 23.3 Å². The average molecular weight is 439 g/mol. The summed E-state index contributed by atoms with van der Waals surface area (Å²) in [7, 11) is 0. The zero-order valence-electron chi connectivity index (χ0n) is 15.6. The van der Waals surface area contributed by atoms with E-state index in [1.807, 2.05) is 60.7 Å². The molecule has 2 fully saturated rings. The van der Waals surface area contributed by atoms with Gasteiger partial charge in [0, 0.05) is 10.0 Å². The smallest absolute Gasteiger partial charge is 0.266 e. The van der Waals surface area contributed by atoms with E-state index < -0.39 is 24.0 Å². The number of imide groups is 1. The number of carbonyl (C=O) groups is 2. The minimum atomic E-state index is -0.930. The van der Waals surface area contributed by atoms with Crippen molar-refractivity contribution in [3.8, 4) is 0 Å². The molecule has 0 spiro atoms. The second kappa shape index (κ2) is 7.43. The molecule has 5 rings (SSSR count). The zero-order valence-corrected chi connectivity index (χ0v) is 17.1. The van der Waals surface area contributed by atoms with Gasteiger partial charge in [-0.25, -0.2) is 9.96 Å². The summed E-state index contributed by atoms with van der Waals surface area (Å²) in [5, 5.41) is 2.37. The van der Waals surface area contributed by atoms with Crippen molar-refractivity contribution in [3.05, 3.63) is 94.5 Å². The summed E-state index contributed by atoms with van der Waals surface area (Å²) in [6.07, 6.45) is -0.930. The number of anilines is 2. The predicted molar refractivity (Wildman–Crippen MR) is 115 cm³/mol. The van der Waals surface area contributed by atoms with Crippen molar-refractivity contribution < 1.29 is 14.4 Å². The highest BCUT2D eigenvalue weighted by Gasteiger charge is 2.60. The molecule has 3 atom stereocenters. The molecule has 0 aliphatic carbocycles. The van der Waals surface area contributed by atoms with Gasteiger partial charge in [-0.05, 0) is 35.9 Å². The highest BCUT2D eigenvalue weighted by atomic mass is 35.5. The lowest BCUT2D eigenvalue weighted by Crippen LogP contribution is -2.37. The van der Waals surface area contributed by atoms with E-state index in [1.165, 1.54) is 0 Å². The van der Waals surface area contributed by atoms with Gasteiger partial charge in [0.15, 0.2) is 6.10 Å². The van der Waals surface area contributed by atoms with Crippen molar-refractivity contribution in [1.29, 1.82) is 0 Å². The number of nitrogens with zero attached hydrogens (tertiary/aromatic N) is 2. The van der Waals surface area contributed by atoms with Crippen molar-refractivity contribution in [1.82, 2.24) is 0 Å². The van der Waals surface area contributed by atoms with Gasteiger partial charge in [-0.1, -0.05) is 71.7 Å². The van der Waals surface area contributed by atoms with Gasteiger partial charge in [0.2, 0.25) is 5.91 Å². The molecule has 30 heavy (non-hydrogen) atoms. The Balaban J connectivity index is 1.59.